The molecule has 3 rings (SSSR count). The Balaban J connectivity index is 2.01. The largest absolute Gasteiger partial charge is 0.508 e. The summed E-state index contributed by atoms with van der Waals surface area (Å²) in [5.41, 5.74) is 2.70. The van der Waals surface area contributed by atoms with E-state index in [1.54, 1.807) is 41.1 Å². The van der Waals surface area contributed by atoms with Crippen molar-refractivity contribution in [1.29, 1.82) is 0 Å². The lowest BCUT2D eigenvalue weighted by molar-refractivity contribution is 0.111. The monoisotopic (exact) mass is 313 g/mol. The number of aromatic nitrogens is 3. The fraction of sp³-hybridized carbons (Fsp3) is 0.0625. The molecule has 0 aliphatic rings. The summed E-state index contributed by atoms with van der Waals surface area (Å²) in [6, 6.07) is 13.9. The Morgan fingerprint density at radius 1 is 1.09 bits per heavy atom. The van der Waals surface area contributed by atoms with Gasteiger partial charge >= 0.3 is 0 Å². The van der Waals surface area contributed by atoms with Crippen LogP contribution in [0.5, 0.6) is 5.75 Å². The molecule has 0 bridgehead atoms. The number of carbonyl (C=O) groups is 1. The predicted octanol–water partition coefficient (Wildman–Crippen LogP) is 3.03. The van der Waals surface area contributed by atoms with E-state index in [4.69, 9.17) is 11.6 Å². The Labute approximate surface area is 131 Å². The van der Waals surface area contributed by atoms with Crippen LogP contribution in [0.4, 0.5) is 0 Å². The van der Waals surface area contributed by atoms with E-state index < -0.39 is 0 Å². The maximum absolute atomic E-state index is 11.2. The predicted molar refractivity (Wildman–Crippen MR) is 82.7 cm³/mol. The fourth-order valence-electron chi connectivity index (χ4n) is 2.17. The second-order valence-electron chi connectivity index (χ2n) is 4.77. The van der Waals surface area contributed by atoms with E-state index >= 15 is 0 Å². The van der Waals surface area contributed by atoms with E-state index in [1.165, 1.54) is 0 Å². The van der Waals surface area contributed by atoms with Gasteiger partial charge in [-0.1, -0.05) is 28.9 Å². The van der Waals surface area contributed by atoms with Gasteiger partial charge in [0.15, 0.2) is 6.29 Å². The average Bonchev–Trinajstić information content (AvgIpc) is 2.93. The van der Waals surface area contributed by atoms with E-state index in [9.17, 15) is 9.90 Å². The summed E-state index contributed by atoms with van der Waals surface area (Å²) in [5, 5.41) is 18.0. The maximum Gasteiger partial charge on any atom is 0.172 e. The quantitative estimate of drug-likeness (QED) is 0.752. The molecule has 0 amide bonds. The van der Waals surface area contributed by atoms with Crippen molar-refractivity contribution in [3.05, 3.63) is 70.5 Å². The Kier molecular flexibility index (Phi) is 3.89. The van der Waals surface area contributed by atoms with Gasteiger partial charge in [0.25, 0.3) is 0 Å². The number of phenolic OH excluding ortho intramolecular Hbond substituents is 1. The molecule has 22 heavy (non-hydrogen) atoms. The Bertz CT molecular complexity index is 795. The van der Waals surface area contributed by atoms with Crippen LogP contribution in [0.2, 0.25) is 5.02 Å². The molecule has 0 aliphatic heterocycles. The number of nitrogens with zero attached hydrogens (tertiary/aromatic N) is 3. The van der Waals surface area contributed by atoms with Crippen LogP contribution < -0.4 is 0 Å². The number of rotatable bonds is 4. The lowest BCUT2D eigenvalue weighted by Gasteiger charge is -2.07. The number of aromatic hydroxyl groups is 1. The molecule has 0 fully saturated rings. The van der Waals surface area contributed by atoms with Crippen LogP contribution in [0.15, 0.2) is 48.5 Å². The van der Waals surface area contributed by atoms with Gasteiger partial charge in [0, 0.05) is 11.4 Å². The molecule has 6 heteroatoms. The van der Waals surface area contributed by atoms with Gasteiger partial charge in [0.1, 0.15) is 11.4 Å². The van der Waals surface area contributed by atoms with Crippen LogP contribution >= 0.6 is 11.6 Å². The van der Waals surface area contributed by atoms with Crippen molar-refractivity contribution in [1.82, 2.24) is 15.0 Å². The van der Waals surface area contributed by atoms with Gasteiger partial charge in [0.2, 0.25) is 0 Å². The summed E-state index contributed by atoms with van der Waals surface area (Å²) >= 11 is 5.88. The highest BCUT2D eigenvalue weighted by atomic mass is 35.5. The molecule has 0 aliphatic carbocycles. The van der Waals surface area contributed by atoms with Crippen LogP contribution in [0.3, 0.4) is 0 Å². The standard InChI is InChI=1S/C16H12ClN3O2/c17-12-3-1-11(2-4-12)9-16-15(10-21)18-19-20(16)13-5-7-14(22)8-6-13/h1-8,10,22H,9H2. The Morgan fingerprint density at radius 2 is 1.77 bits per heavy atom. The fourth-order valence-corrected chi connectivity index (χ4v) is 2.29. The van der Waals surface area contributed by atoms with E-state index in [-0.39, 0.29) is 5.75 Å². The third kappa shape index (κ3) is 2.84. The van der Waals surface area contributed by atoms with Crippen molar-refractivity contribution >= 4 is 17.9 Å². The minimum Gasteiger partial charge on any atom is -0.508 e. The third-order valence-corrected chi connectivity index (χ3v) is 3.54. The van der Waals surface area contributed by atoms with Crippen molar-refractivity contribution in [2.75, 3.05) is 0 Å². The highest BCUT2D eigenvalue weighted by Gasteiger charge is 2.14. The van der Waals surface area contributed by atoms with Crippen LogP contribution in [0.1, 0.15) is 21.7 Å². The topological polar surface area (TPSA) is 68.0 Å². The molecular weight excluding hydrogens is 302 g/mol. The maximum atomic E-state index is 11.2. The smallest absolute Gasteiger partial charge is 0.172 e. The van der Waals surface area contributed by atoms with E-state index in [2.05, 4.69) is 10.3 Å². The van der Waals surface area contributed by atoms with E-state index in [0.29, 0.717) is 29.1 Å². The van der Waals surface area contributed by atoms with Gasteiger partial charge in [-0.3, -0.25) is 4.79 Å². The lowest BCUT2D eigenvalue weighted by Crippen LogP contribution is -2.04. The highest BCUT2D eigenvalue weighted by Crippen LogP contribution is 2.19. The van der Waals surface area contributed by atoms with Crippen LogP contribution in [0, 0.1) is 0 Å². The van der Waals surface area contributed by atoms with Gasteiger partial charge < -0.3 is 5.11 Å². The molecule has 110 valence electrons. The molecule has 0 radical (unpaired) electrons. The SMILES string of the molecule is O=Cc1nnn(-c2ccc(O)cc2)c1Cc1ccc(Cl)cc1. The summed E-state index contributed by atoms with van der Waals surface area (Å²) in [7, 11) is 0. The van der Waals surface area contributed by atoms with E-state index in [1.807, 2.05) is 12.1 Å². The van der Waals surface area contributed by atoms with Gasteiger partial charge in [-0.2, -0.15) is 0 Å². The number of hydrogen-bond acceptors (Lipinski definition) is 4. The van der Waals surface area contributed by atoms with Gasteiger partial charge in [0.05, 0.1) is 11.4 Å². The van der Waals surface area contributed by atoms with Crippen molar-refractivity contribution in [3.63, 3.8) is 0 Å². The second kappa shape index (κ2) is 5.99. The molecule has 1 heterocycles. The van der Waals surface area contributed by atoms with Gasteiger partial charge in [-0.25, -0.2) is 4.68 Å². The summed E-state index contributed by atoms with van der Waals surface area (Å²) < 4.78 is 1.60. The van der Waals surface area contributed by atoms with Crippen LogP contribution in [-0.2, 0) is 6.42 Å². The van der Waals surface area contributed by atoms with Gasteiger partial charge in [-0.05, 0) is 42.0 Å². The number of phenols is 1. The minimum absolute atomic E-state index is 0.165. The third-order valence-electron chi connectivity index (χ3n) is 3.28. The zero-order valence-electron chi connectivity index (χ0n) is 11.5. The normalized spacial score (nSPS) is 10.6. The number of aldehydes is 1. The molecule has 0 spiro atoms. The first-order valence-corrected chi connectivity index (χ1v) is 6.99. The number of halogens is 1. The number of carbonyl (C=O) groups excluding carboxylic acids is 1. The Hall–Kier alpha value is -2.66. The molecule has 0 saturated heterocycles. The first-order valence-electron chi connectivity index (χ1n) is 6.61. The zero-order valence-corrected chi connectivity index (χ0v) is 12.2. The molecule has 0 unspecified atom stereocenters. The molecule has 0 saturated carbocycles. The average molecular weight is 314 g/mol. The molecule has 5 nitrogen and oxygen atoms in total. The van der Waals surface area contributed by atoms with Crippen LogP contribution in [0.25, 0.3) is 5.69 Å². The number of hydrogen-bond donors (Lipinski definition) is 1. The minimum atomic E-state index is 0.165. The summed E-state index contributed by atoms with van der Waals surface area (Å²) in [4.78, 5) is 11.2. The molecule has 1 N–H and O–H groups in total. The molecule has 1 aromatic heterocycles. The molecule has 0 atom stereocenters. The van der Waals surface area contributed by atoms with Gasteiger partial charge in [-0.15, -0.1) is 5.10 Å². The van der Waals surface area contributed by atoms with E-state index in [0.717, 1.165) is 11.3 Å². The Morgan fingerprint density at radius 3 is 2.41 bits per heavy atom. The van der Waals surface area contributed by atoms with Crippen molar-refractivity contribution in [3.8, 4) is 11.4 Å². The molecule has 3 aromatic rings. The second-order valence-corrected chi connectivity index (χ2v) is 5.21. The lowest BCUT2D eigenvalue weighted by atomic mass is 10.1. The number of benzene rings is 2. The first-order chi connectivity index (χ1) is 10.7. The molecule has 2 aromatic carbocycles. The van der Waals surface area contributed by atoms with Crippen molar-refractivity contribution in [2.24, 2.45) is 0 Å². The summed E-state index contributed by atoms with van der Waals surface area (Å²) in [6.45, 7) is 0. The zero-order chi connectivity index (χ0) is 15.5. The van der Waals surface area contributed by atoms with Crippen molar-refractivity contribution < 1.29 is 9.90 Å². The van der Waals surface area contributed by atoms with Crippen molar-refractivity contribution in [2.45, 2.75) is 6.42 Å². The summed E-state index contributed by atoms with van der Waals surface area (Å²) in [5.74, 6) is 0.165. The highest BCUT2D eigenvalue weighted by molar-refractivity contribution is 6.30. The molecular formula is C16H12ClN3O2. The summed E-state index contributed by atoms with van der Waals surface area (Å²) in [6.07, 6.45) is 1.19. The van der Waals surface area contributed by atoms with Crippen LogP contribution in [-0.4, -0.2) is 26.4 Å². The first kappa shape index (κ1) is 14.3.